The second kappa shape index (κ2) is 5.24. The first-order chi connectivity index (χ1) is 8.81. The van der Waals surface area contributed by atoms with Crippen LogP contribution in [0.15, 0.2) is 22.8 Å². The molecule has 18 heavy (non-hydrogen) atoms. The van der Waals surface area contributed by atoms with E-state index in [0.717, 1.165) is 32.1 Å². The van der Waals surface area contributed by atoms with Crippen LogP contribution in [0.3, 0.4) is 0 Å². The van der Waals surface area contributed by atoms with Gasteiger partial charge in [0.05, 0.1) is 12.8 Å². The number of hydrogen-bond donors (Lipinski definition) is 0. The van der Waals surface area contributed by atoms with Crippen LogP contribution in [-0.4, -0.2) is 54.9 Å². The number of furan rings is 1. The van der Waals surface area contributed by atoms with Crippen LogP contribution >= 0.6 is 0 Å². The summed E-state index contributed by atoms with van der Waals surface area (Å²) in [7, 11) is 0. The molecule has 98 valence electrons. The van der Waals surface area contributed by atoms with Gasteiger partial charge in [-0.25, -0.2) is 0 Å². The predicted octanol–water partition coefficient (Wildman–Crippen LogP) is 1.49. The minimum atomic E-state index is 0.0932. The first-order valence-electron chi connectivity index (χ1n) is 6.82. The van der Waals surface area contributed by atoms with E-state index in [1.807, 2.05) is 0 Å². The van der Waals surface area contributed by atoms with Crippen molar-refractivity contribution in [2.75, 3.05) is 39.3 Å². The van der Waals surface area contributed by atoms with Crippen molar-refractivity contribution < 1.29 is 9.21 Å². The maximum Gasteiger partial charge on any atom is 0.211 e. The Morgan fingerprint density at radius 2 is 1.94 bits per heavy atom. The van der Waals surface area contributed by atoms with Gasteiger partial charge in [0.25, 0.3) is 0 Å². The molecule has 0 radical (unpaired) electrons. The molecule has 3 rings (SSSR count). The standard InChI is InChI=1S/C14H20N2O2/c17-13(14-2-1-9-18-14)11-16-7-5-15(6-8-16)10-12-3-4-12/h1-2,9,12H,3-8,10-11H2. The maximum atomic E-state index is 11.9. The lowest BCUT2D eigenvalue weighted by atomic mass is 10.2. The minimum Gasteiger partial charge on any atom is -0.461 e. The number of rotatable bonds is 5. The zero-order chi connectivity index (χ0) is 12.4. The quantitative estimate of drug-likeness (QED) is 0.740. The minimum absolute atomic E-state index is 0.0932. The highest BCUT2D eigenvalue weighted by Gasteiger charge is 2.27. The summed E-state index contributed by atoms with van der Waals surface area (Å²) in [5, 5.41) is 0. The van der Waals surface area contributed by atoms with Gasteiger partial charge in [-0.3, -0.25) is 9.69 Å². The monoisotopic (exact) mass is 248 g/mol. The molecule has 4 heteroatoms. The van der Waals surface area contributed by atoms with Crippen molar-refractivity contribution in [3.63, 3.8) is 0 Å². The number of nitrogens with zero attached hydrogens (tertiary/aromatic N) is 2. The predicted molar refractivity (Wildman–Crippen MR) is 68.6 cm³/mol. The third-order valence-electron chi connectivity index (χ3n) is 3.84. The highest BCUT2D eigenvalue weighted by Crippen LogP contribution is 2.29. The van der Waals surface area contributed by atoms with Crippen molar-refractivity contribution in [2.45, 2.75) is 12.8 Å². The molecule has 0 bridgehead atoms. The molecular weight excluding hydrogens is 228 g/mol. The number of carbonyl (C=O) groups excluding carboxylic acids is 1. The van der Waals surface area contributed by atoms with Crippen LogP contribution in [0.25, 0.3) is 0 Å². The summed E-state index contributed by atoms with van der Waals surface area (Å²) in [5.41, 5.74) is 0. The lowest BCUT2D eigenvalue weighted by Crippen LogP contribution is -2.48. The van der Waals surface area contributed by atoms with E-state index in [-0.39, 0.29) is 5.78 Å². The van der Waals surface area contributed by atoms with Gasteiger partial charge >= 0.3 is 0 Å². The van der Waals surface area contributed by atoms with Gasteiger partial charge in [-0.1, -0.05) is 0 Å². The Hall–Kier alpha value is -1.13. The second-order valence-electron chi connectivity index (χ2n) is 5.42. The Morgan fingerprint density at radius 3 is 2.56 bits per heavy atom. The SMILES string of the molecule is O=C(CN1CCN(CC2CC2)CC1)c1ccco1. The van der Waals surface area contributed by atoms with E-state index >= 15 is 0 Å². The normalized spacial score (nSPS) is 22.2. The molecule has 4 nitrogen and oxygen atoms in total. The van der Waals surface area contributed by atoms with Gasteiger partial charge in [-0.2, -0.15) is 0 Å². The third kappa shape index (κ3) is 3.00. The molecule has 0 spiro atoms. The van der Waals surface area contributed by atoms with Gasteiger partial charge in [0.1, 0.15) is 0 Å². The van der Waals surface area contributed by atoms with E-state index in [2.05, 4.69) is 9.80 Å². The molecule has 2 heterocycles. The number of ketones is 1. The number of Topliss-reactive ketones (excluding diaryl/α,β-unsaturated/α-hetero) is 1. The summed E-state index contributed by atoms with van der Waals surface area (Å²) in [6, 6.07) is 3.51. The number of piperazine rings is 1. The maximum absolute atomic E-state index is 11.9. The molecule has 0 unspecified atom stereocenters. The van der Waals surface area contributed by atoms with E-state index in [4.69, 9.17) is 4.42 Å². The summed E-state index contributed by atoms with van der Waals surface area (Å²) in [5.74, 6) is 1.53. The highest BCUT2D eigenvalue weighted by atomic mass is 16.3. The smallest absolute Gasteiger partial charge is 0.211 e. The van der Waals surface area contributed by atoms with Crippen LogP contribution in [0.1, 0.15) is 23.4 Å². The van der Waals surface area contributed by atoms with E-state index in [9.17, 15) is 4.79 Å². The summed E-state index contributed by atoms with van der Waals surface area (Å²) in [6.45, 7) is 5.95. The molecule has 1 aliphatic heterocycles. The first-order valence-corrected chi connectivity index (χ1v) is 6.82. The Labute approximate surface area is 108 Å². The van der Waals surface area contributed by atoms with Crippen LogP contribution in [0.4, 0.5) is 0 Å². The number of hydrogen-bond acceptors (Lipinski definition) is 4. The van der Waals surface area contributed by atoms with Crippen LogP contribution < -0.4 is 0 Å². The van der Waals surface area contributed by atoms with Crippen molar-refractivity contribution in [3.8, 4) is 0 Å². The third-order valence-corrected chi connectivity index (χ3v) is 3.84. The highest BCUT2D eigenvalue weighted by molar-refractivity contribution is 5.94. The molecule has 1 aromatic rings. The molecular formula is C14H20N2O2. The molecule has 0 N–H and O–H groups in total. The van der Waals surface area contributed by atoms with E-state index in [1.165, 1.54) is 19.4 Å². The van der Waals surface area contributed by atoms with E-state index < -0.39 is 0 Å². The molecule has 1 saturated heterocycles. The largest absolute Gasteiger partial charge is 0.461 e. The summed E-state index contributed by atoms with van der Waals surface area (Å²) in [4.78, 5) is 16.7. The topological polar surface area (TPSA) is 36.7 Å². The van der Waals surface area contributed by atoms with Gasteiger partial charge in [-0.05, 0) is 30.9 Å². The summed E-state index contributed by atoms with van der Waals surface area (Å²) >= 11 is 0. The Balaban J connectivity index is 1.43. The Morgan fingerprint density at radius 1 is 1.22 bits per heavy atom. The molecule has 2 fully saturated rings. The fourth-order valence-electron chi connectivity index (χ4n) is 2.51. The second-order valence-corrected chi connectivity index (χ2v) is 5.42. The van der Waals surface area contributed by atoms with E-state index in [1.54, 1.807) is 18.4 Å². The van der Waals surface area contributed by atoms with Gasteiger partial charge in [-0.15, -0.1) is 0 Å². The average Bonchev–Trinajstić information content (AvgIpc) is 3.02. The van der Waals surface area contributed by atoms with Crippen LogP contribution in [0.2, 0.25) is 0 Å². The molecule has 2 aliphatic rings. The van der Waals surface area contributed by atoms with Crippen molar-refractivity contribution in [1.82, 2.24) is 9.80 Å². The first kappa shape index (κ1) is 11.9. The van der Waals surface area contributed by atoms with Gasteiger partial charge in [0, 0.05) is 32.7 Å². The molecule has 0 atom stereocenters. The van der Waals surface area contributed by atoms with Crippen LogP contribution in [0.5, 0.6) is 0 Å². The fourth-order valence-corrected chi connectivity index (χ4v) is 2.51. The Bertz CT molecular complexity index is 390. The Kier molecular flexibility index (Phi) is 3.48. The van der Waals surface area contributed by atoms with Gasteiger partial charge in [0.2, 0.25) is 5.78 Å². The molecule has 1 aromatic heterocycles. The van der Waals surface area contributed by atoms with Crippen LogP contribution in [-0.2, 0) is 0 Å². The lowest BCUT2D eigenvalue weighted by molar-refractivity contribution is 0.0822. The zero-order valence-corrected chi connectivity index (χ0v) is 10.7. The molecule has 0 amide bonds. The lowest BCUT2D eigenvalue weighted by Gasteiger charge is -2.34. The zero-order valence-electron chi connectivity index (χ0n) is 10.7. The van der Waals surface area contributed by atoms with E-state index in [0.29, 0.717) is 12.3 Å². The molecule has 1 saturated carbocycles. The van der Waals surface area contributed by atoms with Crippen molar-refractivity contribution >= 4 is 5.78 Å². The van der Waals surface area contributed by atoms with Crippen LogP contribution in [0, 0.1) is 5.92 Å². The number of carbonyl (C=O) groups is 1. The van der Waals surface area contributed by atoms with Crippen molar-refractivity contribution in [3.05, 3.63) is 24.2 Å². The van der Waals surface area contributed by atoms with Gasteiger partial charge in [0.15, 0.2) is 5.76 Å². The van der Waals surface area contributed by atoms with Crippen molar-refractivity contribution in [1.29, 1.82) is 0 Å². The van der Waals surface area contributed by atoms with Crippen molar-refractivity contribution in [2.24, 2.45) is 5.92 Å². The summed E-state index contributed by atoms with van der Waals surface area (Å²) < 4.78 is 5.13. The fraction of sp³-hybridized carbons (Fsp3) is 0.643. The van der Waals surface area contributed by atoms with Gasteiger partial charge < -0.3 is 9.32 Å². The summed E-state index contributed by atoms with van der Waals surface area (Å²) in [6.07, 6.45) is 4.38. The molecule has 0 aromatic carbocycles. The average molecular weight is 248 g/mol. The molecule has 1 aliphatic carbocycles.